The van der Waals surface area contributed by atoms with Crippen molar-refractivity contribution < 1.29 is 19.0 Å². The maximum atomic E-state index is 15.3. The maximum absolute atomic E-state index is 15.3. The van der Waals surface area contributed by atoms with Crippen LogP contribution in [0.1, 0.15) is 37.8 Å². The van der Waals surface area contributed by atoms with Crippen molar-refractivity contribution in [3.63, 3.8) is 0 Å². The summed E-state index contributed by atoms with van der Waals surface area (Å²) in [7, 11) is 0. The number of halogens is 1. The van der Waals surface area contributed by atoms with E-state index >= 15 is 4.39 Å². The van der Waals surface area contributed by atoms with Gasteiger partial charge < -0.3 is 9.84 Å². The molecule has 1 fully saturated rings. The molecular weight excluding hydrogens is 385 g/mol. The predicted octanol–water partition coefficient (Wildman–Crippen LogP) is 5.64. The van der Waals surface area contributed by atoms with Gasteiger partial charge in [0.15, 0.2) is 0 Å². The van der Waals surface area contributed by atoms with Gasteiger partial charge in [-0.25, -0.2) is 9.18 Å². The molecule has 1 aromatic heterocycles. The largest absolute Gasteiger partial charge is 0.465 e. The summed E-state index contributed by atoms with van der Waals surface area (Å²) in [4.78, 5) is 13.0. The van der Waals surface area contributed by atoms with Gasteiger partial charge >= 0.3 is 6.09 Å². The van der Waals surface area contributed by atoms with Crippen LogP contribution in [0.15, 0.2) is 48.8 Å². The van der Waals surface area contributed by atoms with Gasteiger partial charge in [0.1, 0.15) is 17.3 Å². The molecule has 0 spiro atoms. The van der Waals surface area contributed by atoms with Gasteiger partial charge in [-0.1, -0.05) is 18.2 Å². The van der Waals surface area contributed by atoms with Crippen molar-refractivity contribution in [2.75, 3.05) is 4.90 Å². The average Bonchev–Trinajstić information content (AvgIpc) is 3.47. The van der Waals surface area contributed by atoms with Crippen molar-refractivity contribution in [3.8, 4) is 22.6 Å². The van der Waals surface area contributed by atoms with E-state index in [9.17, 15) is 9.90 Å². The molecule has 2 heterocycles. The number of hydrogen-bond donors (Lipinski definition) is 1. The molecule has 1 saturated carbocycles. The minimum absolute atomic E-state index is 0.0884. The second kappa shape index (κ2) is 7.16. The Bertz CT molecular complexity index is 1110. The predicted molar refractivity (Wildman–Crippen MR) is 111 cm³/mol. The van der Waals surface area contributed by atoms with Crippen LogP contribution in [0.3, 0.4) is 0 Å². The van der Waals surface area contributed by atoms with Gasteiger partial charge in [0.25, 0.3) is 0 Å². The molecule has 1 aliphatic carbocycles. The summed E-state index contributed by atoms with van der Waals surface area (Å²) >= 11 is 0. The zero-order chi connectivity index (χ0) is 20.8. The molecule has 0 radical (unpaired) electrons. The first-order valence-corrected chi connectivity index (χ1v) is 10.2. The van der Waals surface area contributed by atoms with Crippen molar-refractivity contribution in [1.82, 2.24) is 9.78 Å². The SMILES string of the molecule is C[C@H]1CCc2c(Oc3ccccc3)c(-c3cnn(C4CC4)c3)cc(F)c2N1C(=O)O. The van der Waals surface area contributed by atoms with Gasteiger partial charge in [-0.15, -0.1) is 0 Å². The normalized spacial score (nSPS) is 18.2. The molecule has 0 saturated heterocycles. The highest BCUT2D eigenvalue weighted by Crippen LogP contribution is 2.46. The summed E-state index contributed by atoms with van der Waals surface area (Å²) in [5.74, 6) is 0.544. The number of ether oxygens (including phenoxy) is 1. The molecule has 5 rings (SSSR count). The Hall–Kier alpha value is -3.35. The van der Waals surface area contributed by atoms with E-state index in [-0.39, 0.29) is 11.7 Å². The first-order valence-electron chi connectivity index (χ1n) is 10.2. The van der Waals surface area contributed by atoms with E-state index in [0.29, 0.717) is 41.5 Å². The minimum atomic E-state index is -1.16. The van der Waals surface area contributed by atoms with E-state index in [2.05, 4.69) is 5.10 Å². The van der Waals surface area contributed by atoms with E-state index in [0.717, 1.165) is 23.3 Å². The van der Waals surface area contributed by atoms with E-state index < -0.39 is 11.9 Å². The maximum Gasteiger partial charge on any atom is 0.412 e. The number of anilines is 1. The second-order valence-electron chi connectivity index (χ2n) is 7.96. The van der Waals surface area contributed by atoms with Gasteiger partial charge in [-0.2, -0.15) is 5.10 Å². The summed E-state index contributed by atoms with van der Waals surface area (Å²) < 4.78 is 23.5. The number of carbonyl (C=O) groups is 1. The fraction of sp³-hybridized carbons (Fsp3) is 0.304. The molecule has 154 valence electrons. The van der Waals surface area contributed by atoms with Gasteiger partial charge in [-0.05, 0) is 50.8 Å². The van der Waals surface area contributed by atoms with E-state index in [4.69, 9.17) is 4.74 Å². The Labute approximate surface area is 173 Å². The zero-order valence-electron chi connectivity index (χ0n) is 16.6. The number of benzene rings is 2. The summed E-state index contributed by atoms with van der Waals surface area (Å²) in [5, 5.41) is 14.2. The standard InChI is InChI=1S/C23H22FN3O3/c1-14-7-10-18-21(27(14)23(28)29)20(24)11-19(15-12-25-26(13-15)16-8-9-16)22(18)30-17-5-3-2-4-6-17/h2-6,11-14,16H,7-10H2,1H3,(H,28,29)/t14-/m0/s1. The Morgan fingerprint density at radius 3 is 2.70 bits per heavy atom. The summed E-state index contributed by atoms with van der Waals surface area (Å²) in [6.45, 7) is 1.79. The van der Waals surface area contributed by atoms with Gasteiger partial charge in [0.2, 0.25) is 0 Å². The first-order chi connectivity index (χ1) is 14.5. The monoisotopic (exact) mass is 407 g/mol. The van der Waals surface area contributed by atoms with Crippen molar-refractivity contribution in [3.05, 3.63) is 60.2 Å². The fourth-order valence-electron chi connectivity index (χ4n) is 4.11. The first kappa shape index (κ1) is 18.7. The summed E-state index contributed by atoms with van der Waals surface area (Å²) in [6.07, 6.45) is 5.78. The third-order valence-corrected chi connectivity index (χ3v) is 5.80. The topological polar surface area (TPSA) is 67.6 Å². The Morgan fingerprint density at radius 2 is 2.00 bits per heavy atom. The van der Waals surface area contributed by atoms with E-state index in [1.165, 1.54) is 6.07 Å². The summed E-state index contributed by atoms with van der Waals surface area (Å²) in [5.41, 5.74) is 2.01. The van der Waals surface area contributed by atoms with Crippen LogP contribution in [0.5, 0.6) is 11.5 Å². The van der Waals surface area contributed by atoms with Crippen LogP contribution in [0.25, 0.3) is 11.1 Å². The van der Waals surface area contributed by atoms with Crippen molar-refractivity contribution in [2.45, 2.75) is 44.7 Å². The van der Waals surface area contributed by atoms with Gasteiger partial charge in [-0.3, -0.25) is 9.58 Å². The fourth-order valence-corrected chi connectivity index (χ4v) is 4.11. The smallest absolute Gasteiger partial charge is 0.412 e. The lowest BCUT2D eigenvalue weighted by molar-refractivity contribution is 0.198. The molecule has 0 bridgehead atoms. The zero-order valence-corrected chi connectivity index (χ0v) is 16.6. The number of nitrogens with zero attached hydrogens (tertiary/aromatic N) is 3. The quantitative estimate of drug-likeness (QED) is 0.608. The van der Waals surface area contributed by atoms with Crippen LogP contribution in [-0.2, 0) is 6.42 Å². The van der Waals surface area contributed by atoms with Crippen molar-refractivity contribution >= 4 is 11.8 Å². The van der Waals surface area contributed by atoms with E-state index in [1.807, 2.05) is 41.2 Å². The van der Waals surface area contributed by atoms with Gasteiger partial charge in [0, 0.05) is 28.9 Å². The van der Waals surface area contributed by atoms with Crippen LogP contribution in [0, 0.1) is 5.82 Å². The third kappa shape index (κ3) is 3.20. The number of rotatable bonds is 4. The van der Waals surface area contributed by atoms with Crippen LogP contribution >= 0.6 is 0 Å². The third-order valence-electron chi connectivity index (χ3n) is 5.80. The van der Waals surface area contributed by atoms with Crippen molar-refractivity contribution in [2.24, 2.45) is 0 Å². The van der Waals surface area contributed by atoms with Gasteiger partial charge in [0.05, 0.1) is 17.9 Å². The molecule has 0 unspecified atom stereocenters. The Balaban J connectivity index is 1.69. The number of hydrogen-bond acceptors (Lipinski definition) is 3. The lowest BCUT2D eigenvalue weighted by Crippen LogP contribution is -2.42. The van der Waals surface area contributed by atoms with E-state index in [1.54, 1.807) is 13.1 Å². The molecular formula is C23H22FN3O3. The average molecular weight is 407 g/mol. The molecule has 3 aromatic rings. The van der Waals surface area contributed by atoms with Crippen molar-refractivity contribution in [1.29, 1.82) is 0 Å². The Kier molecular flexibility index (Phi) is 4.46. The van der Waals surface area contributed by atoms with Crippen LogP contribution < -0.4 is 9.64 Å². The second-order valence-corrected chi connectivity index (χ2v) is 7.96. The highest BCUT2D eigenvalue weighted by Gasteiger charge is 2.35. The molecule has 30 heavy (non-hydrogen) atoms. The van der Waals surface area contributed by atoms with Crippen LogP contribution in [0.2, 0.25) is 0 Å². The number of aromatic nitrogens is 2. The molecule has 7 heteroatoms. The molecule has 1 amide bonds. The minimum Gasteiger partial charge on any atom is -0.465 e. The summed E-state index contributed by atoms with van der Waals surface area (Å²) in [6, 6.07) is 10.7. The number of fused-ring (bicyclic) bond motifs is 1. The highest BCUT2D eigenvalue weighted by atomic mass is 19.1. The van der Waals surface area contributed by atoms with Crippen LogP contribution in [-0.4, -0.2) is 27.0 Å². The van der Waals surface area contributed by atoms with Crippen LogP contribution in [0.4, 0.5) is 14.9 Å². The molecule has 1 atom stereocenters. The number of para-hydroxylation sites is 1. The molecule has 1 aliphatic heterocycles. The highest BCUT2D eigenvalue weighted by molar-refractivity contribution is 5.91. The number of carboxylic acid groups (broad SMARTS) is 1. The Morgan fingerprint density at radius 1 is 1.23 bits per heavy atom. The molecule has 2 aromatic carbocycles. The molecule has 2 aliphatic rings. The molecule has 6 nitrogen and oxygen atoms in total. The number of amides is 1. The lowest BCUT2D eigenvalue weighted by atomic mass is 9.92. The lowest BCUT2D eigenvalue weighted by Gasteiger charge is -2.34. The molecule has 1 N–H and O–H groups in total.